The third-order valence-corrected chi connectivity index (χ3v) is 6.45. The molecule has 0 bridgehead atoms. The number of phenols is 1. The van der Waals surface area contributed by atoms with Gasteiger partial charge in [-0.15, -0.1) is 15.0 Å². The number of aromatic nitrogens is 3. The van der Waals surface area contributed by atoms with E-state index in [1.165, 1.54) is 11.2 Å². The highest BCUT2D eigenvalue weighted by Gasteiger charge is 2.24. The summed E-state index contributed by atoms with van der Waals surface area (Å²) in [5, 5.41) is 26.0. The van der Waals surface area contributed by atoms with E-state index in [0.717, 1.165) is 48.7 Å². The predicted molar refractivity (Wildman–Crippen MR) is 123 cm³/mol. The van der Waals surface area contributed by atoms with Gasteiger partial charge in [-0.05, 0) is 54.5 Å². The Hall–Kier alpha value is -3.09. The van der Waals surface area contributed by atoms with E-state index < -0.39 is 0 Å². The third kappa shape index (κ3) is 4.50. The highest BCUT2D eigenvalue weighted by molar-refractivity contribution is 5.92. The van der Waals surface area contributed by atoms with Crippen molar-refractivity contribution in [2.45, 2.75) is 70.8 Å². The second-order valence-corrected chi connectivity index (χ2v) is 9.04. The van der Waals surface area contributed by atoms with Gasteiger partial charge in [0.25, 0.3) is 0 Å². The van der Waals surface area contributed by atoms with Gasteiger partial charge in [0.05, 0.1) is 5.69 Å². The molecule has 7 heteroatoms. The van der Waals surface area contributed by atoms with Crippen LogP contribution in [0.5, 0.6) is 5.75 Å². The lowest BCUT2D eigenvalue weighted by molar-refractivity contribution is 0.244. The number of carbonyl (C=O) groups is 1. The number of fused-ring (bicyclic) bond motifs is 1. The fourth-order valence-electron chi connectivity index (χ4n) is 4.02. The molecule has 0 radical (unpaired) electrons. The minimum atomic E-state index is -0.293. The Kier molecular flexibility index (Phi) is 5.85. The molecule has 0 aliphatic heterocycles. The second kappa shape index (κ2) is 8.57. The molecule has 1 fully saturated rings. The van der Waals surface area contributed by atoms with Gasteiger partial charge < -0.3 is 15.7 Å². The number of benzene rings is 2. The van der Waals surface area contributed by atoms with Crippen LogP contribution < -0.4 is 10.6 Å². The van der Waals surface area contributed by atoms with E-state index in [1.54, 1.807) is 0 Å². The van der Waals surface area contributed by atoms with Crippen LogP contribution in [0.4, 0.5) is 10.5 Å². The molecule has 2 aromatic carbocycles. The zero-order valence-electron chi connectivity index (χ0n) is 18.5. The Labute approximate surface area is 182 Å². The zero-order valence-corrected chi connectivity index (χ0v) is 18.5. The maximum Gasteiger partial charge on any atom is 0.319 e. The van der Waals surface area contributed by atoms with Crippen LogP contribution in [0.1, 0.15) is 64.9 Å². The molecular formula is C24H31N5O2. The summed E-state index contributed by atoms with van der Waals surface area (Å²) in [6.45, 7) is 6.40. The molecule has 1 aliphatic carbocycles. The van der Waals surface area contributed by atoms with E-state index in [9.17, 15) is 9.90 Å². The number of hydrogen-bond acceptors (Lipinski definition) is 4. The standard InChI is InChI=1S/C24H31N5O2/c1-4-24(2,3)16-14-20(26-23(31)25-17-10-6-5-7-11-17)22(30)21(15-16)29-27-18-12-8-9-13-19(18)28-29/h8-9,12-15,17,30H,4-7,10-11H2,1-3H3,(H2,25,26,31). The largest absolute Gasteiger partial charge is 0.504 e. The highest BCUT2D eigenvalue weighted by Crippen LogP contribution is 2.38. The Morgan fingerprint density at radius 1 is 1.13 bits per heavy atom. The lowest BCUT2D eigenvalue weighted by Crippen LogP contribution is -2.39. The number of hydrogen-bond donors (Lipinski definition) is 3. The molecule has 31 heavy (non-hydrogen) atoms. The lowest BCUT2D eigenvalue weighted by Gasteiger charge is -2.26. The lowest BCUT2D eigenvalue weighted by atomic mass is 9.81. The third-order valence-electron chi connectivity index (χ3n) is 6.45. The second-order valence-electron chi connectivity index (χ2n) is 9.04. The van der Waals surface area contributed by atoms with Crippen molar-refractivity contribution in [3.8, 4) is 11.4 Å². The number of amides is 2. The fraction of sp³-hybridized carbons (Fsp3) is 0.458. The summed E-state index contributed by atoms with van der Waals surface area (Å²) in [5.74, 6) is -0.0465. The van der Waals surface area contributed by atoms with Crippen molar-refractivity contribution in [2.75, 3.05) is 5.32 Å². The van der Waals surface area contributed by atoms with Crippen LogP contribution in [0.3, 0.4) is 0 Å². The molecule has 7 nitrogen and oxygen atoms in total. The predicted octanol–water partition coefficient (Wildman–Crippen LogP) is 5.27. The summed E-state index contributed by atoms with van der Waals surface area (Å²) in [6, 6.07) is 11.2. The van der Waals surface area contributed by atoms with Crippen molar-refractivity contribution < 1.29 is 9.90 Å². The Balaban J connectivity index is 1.70. The SMILES string of the molecule is CCC(C)(C)c1cc(NC(=O)NC2CCCCC2)c(O)c(-n2nc3ccccc3n2)c1. The molecule has 0 spiro atoms. The first kappa shape index (κ1) is 21.2. The molecule has 1 aromatic heterocycles. The molecule has 0 saturated heterocycles. The van der Waals surface area contributed by atoms with E-state index in [0.29, 0.717) is 11.4 Å². The van der Waals surface area contributed by atoms with Gasteiger partial charge in [-0.3, -0.25) is 0 Å². The number of rotatable bonds is 5. The summed E-state index contributed by atoms with van der Waals surface area (Å²) in [5.41, 5.74) is 3.15. The molecule has 1 saturated carbocycles. The molecule has 1 aliphatic rings. The molecule has 0 atom stereocenters. The van der Waals surface area contributed by atoms with Crippen LogP contribution in [-0.4, -0.2) is 32.2 Å². The van der Waals surface area contributed by atoms with E-state index in [-0.39, 0.29) is 23.2 Å². The number of phenolic OH excluding ortho intramolecular Hbond substituents is 1. The van der Waals surface area contributed by atoms with Crippen molar-refractivity contribution >= 4 is 22.8 Å². The average Bonchev–Trinajstić information content (AvgIpc) is 3.19. The average molecular weight is 422 g/mol. The van der Waals surface area contributed by atoms with Gasteiger partial charge in [-0.1, -0.05) is 52.2 Å². The minimum Gasteiger partial charge on any atom is -0.504 e. The van der Waals surface area contributed by atoms with Crippen LogP contribution in [0.2, 0.25) is 0 Å². The van der Waals surface area contributed by atoms with Gasteiger partial charge in [0, 0.05) is 6.04 Å². The van der Waals surface area contributed by atoms with Crippen LogP contribution >= 0.6 is 0 Å². The maximum absolute atomic E-state index is 12.7. The van der Waals surface area contributed by atoms with Crippen LogP contribution in [-0.2, 0) is 5.41 Å². The van der Waals surface area contributed by atoms with Crippen LogP contribution in [0.15, 0.2) is 36.4 Å². The van der Waals surface area contributed by atoms with Gasteiger partial charge in [0.1, 0.15) is 16.7 Å². The Morgan fingerprint density at radius 3 is 2.39 bits per heavy atom. The molecular weight excluding hydrogens is 390 g/mol. The summed E-state index contributed by atoms with van der Waals surface area (Å²) < 4.78 is 0. The first-order chi connectivity index (χ1) is 14.9. The summed E-state index contributed by atoms with van der Waals surface area (Å²) in [6.07, 6.45) is 6.40. The summed E-state index contributed by atoms with van der Waals surface area (Å²) in [7, 11) is 0. The fourth-order valence-corrected chi connectivity index (χ4v) is 4.02. The van der Waals surface area contributed by atoms with E-state index in [2.05, 4.69) is 41.6 Å². The summed E-state index contributed by atoms with van der Waals surface area (Å²) in [4.78, 5) is 14.1. The highest BCUT2D eigenvalue weighted by atomic mass is 16.3. The van der Waals surface area contributed by atoms with Gasteiger partial charge in [-0.2, -0.15) is 0 Å². The number of aromatic hydroxyl groups is 1. The van der Waals surface area contributed by atoms with Crippen molar-refractivity contribution in [1.29, 1.82) is 0 Å². The zero-order chi connectivity index (χ0) is 22.0. The molecule has 1 heterocycles. The Bertz CT molecular complexity index is 1050. The number of anilines is 1. The van der Waals surface area contributed by atoms with E-state index in [4.69, 9.17) is 0 Å². The molecule has 3 N–H and O–H groups in total. The van der Waals surface area contributed by atoms with E-state index >= 15 is 0 Å². The monoisotopic (exact) mass is 421 g/mol. The van der Waals surface area contributed by atoms with Crippen molar-refractivity contribution in [1.82, 2.24) is 20.3 Å². The number of urea groups is 1. The van der Waals surface area contributed by atoms with E-state index in [1.807, 2.05) is 36.4 Å². The summed E-state index contributed by atoms with van der Waals surface area (Å²) >= 11 is 0. The number of carbonyl (C=O) groups excluding carboxylic acids is 1. The van der Waals surface area contributed by atoms with Crippen LogP contribution in [0, 0.1) is 0 Å². The van der Waals surface area contributed by atoms with Crippen molar-refractivity contribution in [2.24, 2.45) is 0 Å². The number of nitrogens with one attached hydrogen (secondary N) is 2. The molecule has 0 unspecified atom stereocenters. The quantitative estimate of drug-likeness (QED) is 0.490. The van der Waals surface area contributed by atoms with Gasteiger partial charge >= 0.3 is 6.03 Å². The molecule has 3 aromatic rings. The van der Waals surface area contributed by atoms with Gasteiger partial charge in [-0.25, -0.2) is 4.79 Å². The number of nitrogens with zero attached hydrogens (tertiary/aromatic N) is 3. The normalized spacial score (nSPS) is 15.2. The van der Waals surface area contributed by atoms with Gasteiger partial charge in [0.15, 0.2) is 5.75 Å². The molecule has 4 rings (SSSR count). The van der Waals surface area contributed by atoms with Crippen LogP contribution in [0.25, 0.3) is 16.7 Å². The smallest absolute Gasteiger partial charge is 0.319 e. The topological polar surface area (TPSA) is 92.1 Å². The van der Waals surface area contributed by atoms with Crippen molar-refractivity contribution in [3.05, 3.63) is 42.0 Å². The maximum atomic E-state index is 12.7. The van der Waals surface area contributed by atoms with Crippen molar-refractivity contribution in [3.63, 3.8) is 0 Å². The van der Waals surface area contributed by atoms with Gasteiger partial charge in [0.2, 0.25) is 0 Å². The first-order valence-corrected chi connectivity index (χ1v) is 11.1. The first-order valence-electron chi connectivity index (χ1n) is 11.1. The minimum absolute atomic E-state index is 0.0465. The molecule has 164 valence electrons. The Morgan fingerprint density at radius 2 is 1.77 bits per heavy atom. The molecule has 2 amide bonds.